The first-order chi connectivity index (χ1) is 10.6. The minimum absolute atomic E-state index is 0.112. The molecule has 0 saturated heterocycles. The molecule has 0 spiro atoms. The Morgan fingerprint density at radius 1 is 1.00 bits per heavy atom. The van der Waals surface area contributed by atoms with Crippen molar-refractivity contribution in [3.05, 3.63) is 0 Å². The molecule has 0 aliphatic rings. The monoisotopic (exact) mass is 379 g/mol. The quantitative estimate of drug-likeness (QED) is 0.334. The Bertz CT molecular complexity index is 298. The molecule has 0 aliphatic carbocycles. The van der Waals surface area contributed by atoms with Crippen LogP contribution in [0.5, 0.6) is 0 Å². The third-order valence-corrected chi connectivity index (χ3v) is 5.10. The predicted molar refractivity (Wildman–Crippen MR) is 92.5 cm³/mol. The Hall–Kier alpha value is -0.541. The maximum absolute atomic E-state index is 11.8. The number of aliphatic carboxylic acids is 1. The van der Waals surface area contributed by atoms with Gasteiger partial charge in [0.1, 0.15) is 0 Å². The molecule has 1 atom stereocenters. The van der Waals surface area contributed by atoms with Gasteiger partial charge in [0.25, 0.3) is 0 Å². The molecule has 5 heteroatoms. The number of rotatable bonds is 15. The van der Waals surface area contributed by atoms with Gasteiger partial charge in [0.05, 0.1) is 0 Å². The number of hydrogen-bond acceptors (Lipinski definition) is 2. The average Bonchev–Trinajstić information content (AvgIpc) is 2.49. The maximum atomic E-state index is 11.8. The predicted octanol–water partition coefficient (Wildman–Crippen LogP) is 4.04. The molecule has 22 heavy (non-hydrogen) atoms. The molecule has 4 nitrogen and oxygen atoms in total. The van der Waals surface area contributed by atoms with Gasteiger partial charge in [-0.05, 0) is 0 Å². The van der Waals surface area contributed by atoms with Crippen molar-refractivity contribution < 1.29 is 14.7 Å². The topological polar surface area (TPSA) is 66.4 Å². The number of nitrogens with one attached hydrogen (secondary N) is 1. The molecule has 0 rings (SSSR count). The van der Waals surface area contributed by atoms with Gasteiger partial charge < -0.3 is 0 Å². The van der Waals surface area contributed by atoms with Crippen molar-refractivity contribution in [2.45, 2.75) is 94.7 Å². The molecule has 0 bridgehead atoms. The number of hydrogen-bond donors (Lipinski definition) is 2. The molecule has 0 aliphatic heterocycles. The Morgan fingerprint density at radius 2 is 1.55 bits per heavy atom. The molecule has 130 valence electrons. The van der Waals surface area contributed by atoms with Crippen LogP contribution in [-0.2, 0) is 9.59 Å². The summed E-state index contributed by atoms with van der Waals surface area (Å²) in [5, 5.41) is 12.6. The second-order valence-corrected chi connectivity index (χ2v) is 7.89. The van der Waals surface area contributed by atoms with E-state index in [1.807, 2.05) is 0 Å². The first-order valence-corrected chi connectivity index (χ1v) is 11.5. The summed E-state index contributed by atoms with van der Waals surface area (Å²) in [6, 6.07) is -0.701. The fraction of sp³-hybridized carbons (Fsp3) is 0.882. The van der Waals surface area contributed by atoms with Gasteiger partial charge in [-0.25, -0.2) is 0 Å². The van der Waals surface area contributed by atoms with Crippen LogP contribution in [0.4, 0.5) is 0 Å². The first kappa shape index (κ1) is 21.5. The van der Waals surface area contributed by atoms with Gasteiger partial charge in [-0.15, -0.1) is 0 Å². The molecule has 1 amide bonds. The third kappa shape index (κ3) is 13.1. The molecule has 0 aromatic rings. The molecule has 0 aromatic carbocycles. The Labute approximate surface area is 142 Å². The minimum atomic E-state index is -0.912. The van der Waals surface area contributed by atoms with E-state index in [1.54, 1.807) is 0 Å². The number of amides is 1. The van der Waals surface area contributed by atoms with Crippen LogP contribution < -0.4 is 5.32 Å². The zero-order valence-electron chi connectivity index (χ0n) is 14.2. The molecule has 0 radical (unpaired) electrons. The molecule has 0 heterocycles. The van der Waals surface area contributed by atoms with Gasteiger partial charge >= 0.3 is 115 Å². The van der Waals surface area contributed by atoms with E-state index in [0.717, 1.165) is 18.2 Å². The van der Waals surface area contributed by atoms with Gasteiger partial charge in [-0.2, -0.15) is 0 Å². The number of carbonyl (C=O) groups is 2. The van der Waals surface area contributed by atoms with Crippen LogP contribution in [0, 0.1) is 0 Å². The zero-order chi connectivity index (χ0) is 16.6. The Balaban J connectivity index is 3.57. The van der Waals surface area contributed by atoms with Gasteiger partial charge in [0.2, 0.25) is 0 Å². The van der Waals surface area contributed by atoms with Crippen molar-refractivity contribution in [1.29, 1.82) is 0 Å². The fourth-order valence-corrected chi connectivity index (χ4v) is 3.34. The van der Waals surface area contributed by atoms with Crippen molar-refractivity contribution >= 4 is 26.8 Å². The van der Waals surface area contributed by atoms with Gasteiger partial charge in [-0.1, -0.05) is 26.2 Å². The fourth-order valence-electron chi connectivity index (χ4n) is 2.36. The van der Waals surface area contributed by atoms with Crippen molar-refractivity contribution in [2.24, 2.45) is 0 Å². The molecule has 1 unspecified atom stereocenters. The molecule has 0 saturated carbocycles. The van der Waals surface area contributed by atoms with E-state index >= 15 is 0 Å². The number of unbranched alkanes of at least 4 members (excludes halogenated alkanes) is 8. The summed E-state index contributed by atoms with van der Waals surface area (Å²) in [4.78, 5) is 22.8. The standard InChI is InChI=1S/C17H33NO3Se/c1-3-4-5-6-7-8-9-10-11-12-16(19)18-15(17(20)21)13-14-22-2/h15H,3-14H2,1-2H3,(H,18,19)(H,20,21). The third-order valence-electron chi connectivity index (χ3n) is 3.75. The zero-order valence-corrected chi connectivity index (χ0v) is 15.9. The summed E-state index contributed by atoms with van der Waals surface area (Å²) in [5.41, 5.74) is 0. The summed E-state index contributed by atoms with van der Waals surface area (Å²) in [7, 11) is 0. The van der Waals surface area contributed by atoms with Crippen LogP contribution in [0.3, 0.4) is 0 Å². The van der Waals surface area contributed by atoms with E-state index in [9.17, 15) is 9.59 Å². The van der Waals surface area contributed by atoms with E-state index in [0.29, 0.717) is 27.8 Å². The van der Waals surface area contributed by atoms with Crippen LogP contribution in [0.2, 0.25) is 11.1 Å². The molecule has 0 aromatic heterocycles. The van der Waals surface area contributed by atoms with Crippen LogP contribution >= 0.6 is 0 Å². The van der Waals surface area contributed by atoms with Crippen LogP contribution in [0.1, 0.15) is 77.6 Å². The van der Waals surface area contributed by atoms with Crippen molar-refractivity contribution in [3.63, 3.8) is 0 Å². The summed E-state index contributed by atoms with van der Waals surface area (Å²) in [6.07, 6.45) is 12.0. The van der Waals surface area contributed by atoms with E-state index in [4.69, 9.17) is 5.11 Å². The van der Waals surface area contributed by atoms with Gasteiger partial charge in [-0.3, -0.25) is 0 Å². The number of carboxylic acid groups (broad SMARTS) is 1. The Kier molecular flexibility index (Phi) is 15.0. The summed E-state index contributed by atoms with van der Waals surface area (Å²) in [6.45, 7) is 2.23. The van der Waals surface area contributed by atoms with Gasteiger partial charge in [0, 0.05) is 0 Å². The van der Waals surface area contributed by atoms with E-state index < -0.39 is 12.0 Å². The summed E-state index contributed by atoms with van der Waals surface area (Å²) < 4.78 is 0. The molecular weight excluding hydrogens is 345 g/mol. The average molecular weight is 378 g/mol. The summed E-state index contributed by atoms with van der Waals surface area (Å²) >= 11 is 0.454. The van der Waals surface area contributed by atoms with Gasteiger partial charge in [0.15, 0.2) is 0 Å². The van der Waals surface area contributed by atoms with Crippen LogP contribution in [0.25, 0.3) is 0 Å². The van der Waals surface area contributed by atoms with Crippen molar-refractivity contribution in [1.82, 2.24) is 5.32 Å². The first-order valence-electron chi connectivity index (χ1n) is 8.63. The van der Waals surface area contributed by atoms with E-state index in [-0.39, 0.29) is 5.91 Å². The van der Waals surface area contributed by atoms with E-state index in [2.05, 4.69) is 18.1 Å². The van der Waals surface area contributed by atoms with Crippen molar-refractivity contribution in [2.75, 3.05) is 0 Å². The molecule has 0 fully saturated rings. The number of carbonyl (C=O) groups excluding carboxylic acids is 1. The molecular formula is C17H33NO3Se. The SMILES string of the molecule is CCCCCCCCCCCC(=O)NC(CC[Se]C)C(=O)O. The van der Waals surface area contributed by atoms with E-state index in [1.165, 1.54) is 44.9 Å². The van der Waals surface area contributed by atoms with Crippen molar-refractivity contribution in [3.8, 4) is 0 Å². The second-order valence-electron chi connectivity index (χ2n) is 5.82. The van der Waals surface area contributed by atoms with Crippen LogP contribution in [0.15, 0.2) is 0 Å². The van der Waals surface area contributed by atoms with Crippen LogP contribution in [-0.4, -0.2) is 38.0 Å². The normalized spacial score (nSPS) is 12.1. The number of carboxylic acids is 1. The Morgan fingerprint density at radius 3 is 2.05 bits per heavy atom. The second kappa shape index (κ2) is 15.4. The molecule has 2 N–H and O–H groups in total. The summed E-state index contributed by atoms with van der Waals surface area (Å²) in [5.74, 6) is 1.05.